The summed E-state index contributed by atoms with van der Waals surface area (Å²) in [6.07, 6.45) is 8.13. The standard InChI is InChI=1S/C21H37NOS/c1-15(2)12-16-9-10-18-17(13-16)8-7-11-22(18)19(23)20(3,4)14-21(5,6)24/h16-18,24H,1,7-14H2,2-6H3. The molecule has 1 aliphatic carbocycles. The quantitative estimate of drug-likeness (QED) is 0.513. The van der Waals surface area contributed by atoms with E-state index in [1.807, 2.05) is 0 Å². The summed E-state index contributed by atoms with van der Waals surface area (Å²) in [5.74, 6) is 1.82. The van der Waals surface area contributed by atoms with Crippen molar-refractivity contribution < 1.29 is 4.79 Å². The van der Waals surface area contributed by atoms with Gasteiger partial charge in [-0.3, -0.25) is 4.79 Å². The minimum atomic E-state index is -0.332. The van der Waals surface area contributed by atoms with Gasteiger partial charge < -0.3 is 4.90 Å². The van der Waals surface area contributed by atoms with Gasteiger partial charge in [-0.1, -0.05) is 33.3 Å². The summed E-state index contributed by atoms with van der Waals surface area (Å²) in [6, 6.07) is 0.468. The van der Waals surface area contributed by atoms with Crippen molar-refractivity contribution in [2.75, 3.05) is 6.54 Å². The molecule has 138 valence electrons. The number of likely N-dealkylation sites (tertiary alicyclic amines) is 1. The summed E-state index contributed by atoms with van der Waals surface area (Å²) >= 11 is 4.66. The Morgan fingerprint density at radius 2 is 1.88 bits per heavy atom. The zero-order valence-electron chi connectivity index (χ0n) is 16.4. The van der Waals surface area contributed by atoms with Gasteiger partial charge in [-0.25, -0.2) is 0 Å². The molecular formula is C21H37NOS. The average Bonchev–Trinajstić information content (AvgIpc) is 2.42. The third-order valence-electron chi connectivity index (χ3n) is 5.78. The van der Waals surface area contributed by atoms with Crippen LogP contribution in [0, 0.1) is 17.3 Å². The maximum absolute atomic E-state index is 13.3. The Labute approximate surface area is 154 Å². The molecule has 2 aliphatic rings. The first-order valence-corrected chi connectivity index (χ1v) is 10.1. The van der Waals surface area contributed by atoms with Gasteiger partial charge in [-0.05, 0) is 63.7 Å². The van der Waals surface area contributed by atoms with Crippen LogP contribution in [0.1, 0.15) is 79.6 Å². The van der Waals surface area contributed by atoms with Crippen LogP contribution < -0.4 is 0 Å². The lowest BCUT2D eigenvalue weighted by atomic mass is 9.71. The molecule has 0 aromatic carbocycles. The van der Waals surface area contributed by atoms with Gasteiger partial charge >= 0.3 is 0 Å². The van der Waals surface area contributed by atoms with Gasteiger partial charge in [-0.2, -0.15) is 12.6 Å². The number of fused-ring (bicyclic) bond motifs is 1. The maximum Gasteiger partial charge on any atom is 0.228 e. The number of piperidine rings is 1. The molecule has 3 heteroatoms. The van der Waals surface area contributed by atoms with Crippen LogP contribution in [0.2, 0.25) is 0 Å². The van der Waals surface area contributed by atoms with Crippen molar-refractivity contribution in [2.24, 2.45) is 17.3 Å². The number of carbonyl (C=O) groups is 1. The second kappa shape index (κ2) is 7.43. The van der Waals surface area contributed by atoms with Crippen LogP contribution in [0.3, 0.4) is 0 Å². The Balaban J connectivity index is 2.06. The van der Waals surface area contributed by atoms with E-state index in [-0.39, 0.29) is 10.2 Å². The molecule has 0 N–H and O–H groups in total. The Bertz CT molecular complexity index is 477. The largest absolute Gasteiger partial charge is 0.339 e. The molecule has 0 bridgehead atoms. The molecule has 1 aliphatic heterocycles. The Kier molecular flexibility index (Phi) is 6.16. The molecular weight excluding hydrogens is 314 g/mol. The molecule has 3 atom stereocenters. The van der Waals surface area contributed by atoms with Crippen LogP contribution in [-0.4, -0.2) is 28.1 Å². The third-order valence-corrected chi connectivity index (χ3v) is 5.93. The van der Waals surface area contributed by atoms with Gasteiger partial charge in [0.15, 0.2) is 0 Å². The highest BCUT2D eigenvalue weighted by Crippen LogP contribution is 2.42. The van der Waals surface area contributed by atoms with Crippen LogP contribution in [0.5, 0.6) is 0 Å². The van der Waals surface area contributed by atoms with Crippen molar-refractivity contribution in [3.63, 3.8) is 0 Å². The summed E-state index contributed by atoms with van der Waals surface area (Å²) in [7, 11) is 0. The molecule has 2 rings (SSSR count). The smallest absolute Gasteiger partial charge is 0.228 e. The van der Waals surface area contributed by atoms with Crippen LogP contribution in [0.25, 0.3) is 0 Å². The molecule has 1 heterocycles. The molecule has 0 spiro atoms. The lowest BCUT2D eigenvalue weighted by molar-refractivity contribution is -0.148. The van der Waals surface area contributed by atoms with Gasteiger partial charge in [-0.15, -0.1) is 6.58 Å². The van der Waals surface area contributed by atoms with Gasteiger partial charge in [0.25, 0.3) is 0 Å². The summed E-state index contributed by atoms with van der Waals surface area (Å²) < 4.78 is -0.118. The number of nitrogens with zero attached hydrogens (tertiary/aromatic N) is 1. The van der Waals surface area contributed by atoms with Crippen molar-refractivity contribution in [1.29, 1.82) is 0 Å². The summed E-state index contributed by atoms with van der Waals surface area (Å²) in [5, 5.41) is 0. The number of rotatable bonds is 5. The topological polar surface area (TPSA) is 20.3 Å². The van der Waals surface area contributed by atoms with E-state index in [0.29, 0.717) is 17.9 Å². The average molecular weight is 352 g/mol. The Morgan fingerprint density at radius 1 is 1.21 bits per heavy atom. The first kappa shape index (κ1) is 19.9. The molecule has 3 unspecified atom stereocenters. The third kappa shape index (κ3) is 5.03. The number of thiol groups is 1. The summed E-state index contributed by atoms with van der Waals surface area (Å²) in [5.41, 5.74) is 0.973. The lowest BCUT2D eigenvalue weighted by Crippen LogP contribution is -2.54. The highest BCUT2D eigenvalue weighted by atomic mass is 32.1. The lowest BCUT2D eigenvalue weighted by Gasteiger charge is -2.49. The Hall–Kier alpha value is -0.440. The predicted octanol–water partition coefficient (Wildman–Crippen LogP) is 5.48. The van der Waals surface area contributed by atoms with Crippen LogP contribution in [0.4, 0.5) is 0 Å². The number of amides is 1. The maximum atomic E-state index is 13.3. The fourth-order valence-electron chi connectivity index (χ4n) is 5.23. The zero-order valence-corrected chi connectivity index (χ0v) is 17.3. The SMILES string of the molecule is C=C(C)CC1CCC2C(CCCN2C(=O)C(C)(C)CC(C)(C)S)C1. The van der Waals surface area contributed by atoms with Crippen molar-refractivity contribution in [3.05, 3.63) is 12.2 Å². The minimum Gasteiger partial charge on any atom is -0.339 e. The van der Waals surface area contributed by atoms with Crippen molar-refractivity contribution >= 4 is 18.5 Å². The summed E-state index contributed by atoms with van der Waals surface area (Å²) in [4.78, 5) is 15.5. The fraction of sp³-hybridized carbons (Fsp3) is 0.857. The second-order valence-corrected chi connectivity index (χ2v) is 10.9. The van der Waals surface area contributed by atoms with Crippen LogP contribution in [0.15, 0.2) is 12.2 Å². The molecule has 0 aromatic heterocycles. The number of carbonyl (C=O) groups excluding carboxylic acids is 1. The monoisotopic (exact) mass is 351 g/mol. The molecule has 1 saturated heterocycles. The van der Waals surface area contributed by atoms with Gasteiger partial charge in [0.05, 0.1) is 0 Å². The van der Waals surface area contributed by atoms with E-state index in [1.54, 1.807) is 0 Å². The van der Waals surface area contributed by atoms with E-state index in [4.69, 9.17) is 0 Å². The van der Waals surface area contributed by atoms with Crippen molar-refractivity contribution in [3.8, 4) is 0 Å². The van der Waals surface area contributed by atoms with Crippen LogP contribution in [-0.2, 0) is 4.79 Å². The van der Waals surface area contributed by atoms with Crippen molar-refractivity contribution in [1.82, 2.24) is 4.90 Å². The minimum absolute atomic E-state index is 0.118. The predicted molar refractivity (Wildman–Crippen MR) is 106 cm³/mol. The number of hydrogen-bond acceptors (Lipinski definition) is 2. The highest BCUT2D eigenvalue weighted by Gasteiger charge is 2.43. The first-order valence-electron chi connectivity index (χ1n) is 9.67. The van der Waals surface area contributed by atoms with Gasteiger partial charge in [0.2, 0.25) is 5.91 Å². The second-order valence-electron chi connectivity index (χ2n) is 9.68. The molecule has 24 heavy (non-hydrogen) atoms. The number of allylic oxidation sites excluding steroid dienone is 1. The molecule has 2 fully saturated rings. The molecule has 1 amide bonds. The highest BCUT2D eigenvalue weighted by molar-refractivity contribution is 7.81. The van der Waals surface area contributed by atoms with Crippen LogP contribution >= 0.6 is 12.6 Å². The van der Waals surface area contributed by atoms with E-state index >= 15 is 0 Å². The van der Waals surface area contributed by atoms with E-state index in [0.717, 1.165) is 31.7 Å². The molecule has 0 radical (unpaired) electrons. The van der Waals surface area contributed by atoms with Gasteiger partial charge in [0, 0.05) is 22.7 Å². The first-order chi connectivity index (χ1) is 11.0. The van der Waals surface area contributed by atoms with Crippen molar-refractivity contribution in [2.45, 2.75) is 90.4 Å². The van der Waals surface area contributed by atoms with E-state index in [1.165, 1.54) is 31.3 Å². The van der Waals surface area contributed by atoms with E-state index in [9.17, 15) is 4.79 Å². The van der Waals surface area contributed by atoms with Gasteiger partial charge in [0.1, 0.15) is 0 Å². The Morgan fingerprint density at radius 3 is 2.46 bits per heavy atom. The zero-order chi connectivity index (χ0) is 18.1. The van der Waals surface area contributed by atoms with E-state index in [2.05, 4.69) is 58.7 Å². The molecule has 0 aromatic rings. The van der Waals surface area contributed by atoms with E-state index < -0.39 is 0 Å². The normalized spacial score (nSPS) is 28.4. The fourth-order valence-corrected chi connectivity index (χ4v) is 5.63. The summed E-state index contributed by atoms with van der Waals surface area (Å²) in [6.45, 7) is 15.6. The number of hydrogen-bond donors (Lipinski definition) is 1. The molecule has 2 nitrogen and oxygen atoms in total. The molecule has 1 saturated carbocycles.